The molecule has 1 N–H and O–H groups in total. The molecule has 2 rings (SSSR count). The van der Waals surface area contributed by atoms with Crippen LogP contribution in [0.15, 0.2) is 18.2 Å². The van der Waals surface area contributed by atoms with E-state index in [9.17, 15) is 10.1 Å². The lowest BCUT2D eigenvalue weighted by atomic mass is 10.2. The molecule has 6 heteroatoms. The quantitative estimate of drug-likeness (QED) is 0.674. The SMILES string of the molecule is COC1CCC(Nc2ccc(Cl)cc2[N+](=O)[O-])C1. The van der Waals surface area contributed by atoms with Gasteiger partial charge >= 0.3 is 0 Å². The zero-order valence-electron chi connectivity index (χ0n) is 10.1. The molecule has 0 heterocycles. The van der Waals surface area contributed by atoms with Crippen LogP contribution in [0.25, 0.3) is 0 Å². The third-order valence-corrected chi connectivity index (χ3v) is 3.47. The minimum Gasteiger partial charge on any atom is -0.381 e. The first kappa shape index (κ1) is 13.1. The maximum Gasteiger partial charge on any atom is 0.293 e. The Labute approximate surface area is 110 Å². The van der Waals surface area contributed by atoms with Crippen LogP contribution in [0.3, 0.4) is 0 Å². The van der Waals surface area contributed by atoms with E-state index in [4.69, 9.17) is 16.3 Å². The van der Waals surface area contributed by atoms with E-state index in [1.54, 1.807) is 19.2 Å². The first-order valence-corrected chi connectivity index (χ1v) is 6.21. The maximum atomic E-state index is 11.0. The summed E-state index contributed by atoms with van der Waals surface area (Å²) in [5.41, 5.74) is 0.537. The number of nitro benzene ring substituents is 1. The molecule has 1 aliphatic rings. The molecule has 2 unspecified atom stereocenters. The summed E-state index contributed by atoms with van der Waals surface area (Å²) in [5.74, 6) is 0. The van der Waals surface area contributed by atoms with Crippen molar-refractivity contribution in [2.45, 2.75) is 31.4 Å². The molecular formula is C12H15ClN2O3. The number of nitro groups is 1. The van der Waals surface area contributed by atoms with Gasteiger partial charge in [-0.2, -0.15) is 0 Å². The monoisotopic (exact) mass is 270 g/mol. The molecule has 0 aromatic heterocycles. The van der Waals surface area contributed by atoms with E-state index in [0.29, 0.717) is 10.7 Å². The summed E-state index contributed by atoms with van der Waals surface area (Å²) in [4.78, 5) is 10.5. The van der Waals surface area contributed by atoms with Gasteiger partial charge in [-0.25, -0.2) is 0 Å². The summed E-state index contributed by atoms with van der Waals surface area (Å²) in [6.07, 6.45) is 3.05. The zero-order chi connectivity index (χ0) is 13.1. The standard InChI is InChI=1S/C12H15ClN2O3/c1-18-10-4-3-9(7-10)14-11-5-2-8(13)6-12(11)15(16)17/h2,5-6,9-10,14H,3-4,7H2,1H3. The average Bonchev–Trinajstić information content (AvgIpc) is 2.79. The number of nitrogens with one attached hydrogen (secondary N) is 1. The highest BCUT2D eigenvalue weighted by Crippen LogP contribution is 2.31. The van der Waals surface area contributed by atoms with Crippen molar-refractivity contribution in [1.29, 1.82) is 0 Å². The van der Waals surface area contributed by atoms with E-state index in [1.165, 1.54) is 6.07 Å². The van der Waals surface area contributed by atoms with Crippen LogP contribution in [0.2, 0.25) is 5.02 Å². The molecule has 0 radical (unpaired) electrons. The Kier molecular flexibility index (Phi) is 4.04. The van der Waals surface area contributed by atoms with E-state index < -0.39 is 4.92 Å². The van der Waals surface area contributed by atoms with Crippen molar-refractivity contribution >= 4 is 23.0 Å². The van der Waals surface area contributed by atoms with Crippen molar-refractivity contribution in [3.8, 4) is 0 Å². The number of anilines is 1. The van der Waals surface area contributed by atoms with Crippen molar-refractivity contribution < 1.29 is 9.66 Å². The molecule has 0 amide bonds. The van der Waals surface area contributed by atoms with Gasteiger partial charge in [0.15, 0.2) is 0 Å². The molecule has 0 aliphatic heterocycles. The van der Waals surface area contributed by atoms with Gasteiger partial charge in [-0.05, 0) is 31.4 Å². The number of hydrogen-bond donors (Lipinski definition) is 1. The molecular weight excluding hydrogens is 256 g/mol. The molecule has 2 atom stereocenters. The van der Waals surface area contributed by atoms with Crippen molar-refractivity contribution in [2.75, 3.05) is 12.4 Å². The largest absolute Gasteiger partial charge is 0.381 e. The van der Waals surface area contributed by atoms with Crippen molar-refractivity contribution in [3.05, 3.63) is 33.3 Å². The van der Waals surface area contributed by atoms with Gasteiger partial charge in [-0.3, -0.25) is 10.1 Å². The lowest BCUT2D eigenvalue weighted by Gasteiger charge is -2.14. The predicted molar refractivity (Wildman–Crippen MR) is 70.2 cm³/mol. The Bertz CT molecular complexity index is 453. The number of rotatable bonds is 4. The molecule has 1 aliphatic carbocycles. The summed E-state index contributed by atoms with van der Waals surface area (Å²) in [6.45, 7) is 0. The van der Waals surface area contributed by atoms with Gasteiger partial charge in [0.25, 0.3) is 5.69 Å². The third kappa shape index (κ3) is 2.91. The van der Waals surface area contributed by atoms with E-state index >= 15 is 0 Å². The Balaban J connectivity index is 2.12. The van der Waals surface area contributed by atoms with Crippen molar-refractivity contribution in [3.63, 3.8) is 0 Å². The molecule has 1 fully saturated rings. The summed E-state index contributed by atoms with van der Waals surface area (Å²) < 4.78 is 5.28. The minimum atomic E-state index is -0.420. The second-order valence-corrected chi connectivity index (χ2v) is 4.87. The topological polar surface area (TPSA) is 64.4 Å². The van der Waals surface area contributed by atoms with E-state index in [2.05, 4.69) is 5.32 Å². The second-order valence-electron chi connectivity index (χ2n) is 4.43. The predicted octanol–water partition coefficient (Wildman–Crippen LogP) is 3.23. The minimum absolute atomic E-state index is 0.0170. The van der Waals surface area contributed by atoms with Gasteiger partial charge in [0.05, 0.1) is 11.0 Å². The summed E-state index contributed by atoms with van der Waals surface area (Å²) in [7, 11) is 1.69. The number of hydrogen-bond acceptors (Lipinski definition) is 4. The fraction of sp³-hybridized carbons (Fsp3) is 0.500. The summed E-state index contributed by atoms with van der Waals surface area (Å²) in [6, 6.07) is 4.89. The molecule has 18 heavy (non-hydrogen) atoms. The molecule has 1 saturated carbocycles. The van der Waals surface area contributed by atoms with E-state index in [-0.39, 0.29) is 17.8 Å². The molecule has 1 aromatic carbocycles. The molecule has 5 nitrogen and oxygen atoms in total. The first-order valence-electron chi connectivity index (χ1n) is 5.83. The number of methoxy groups -OCH3 is 1. The second kappa shape index (κ2) is 5.54. The van der Waals surface area contributed by atoms with Gasteiger partial charge < -0.3 is 10.1 Å². The highest BCUT2D eigenvalue weighted by atomic mass is 35.5. The summed E-state index contributed by atoms with van der Waals surface area (Å²) in [5, 5.41) is 14.5. The number of nitrogens with zero attached hydrogens (tertiary/aromatic N) is 1. The summed E-state index contributed by atoms with van der Waals surface area (Å²) >= 11 is 5.77. The Morgan fingerprint density at radius 3 is 2.89 bits per heavy atom. The van der Waals surface area contributed by atoms with E-state index in [0.717, 1.165) is 19.3 Å². The van der Waals surface area contributed by atoms with Crippen LogP contribution >= 0.6 is 11.6 Å². The first-order chi connectivity index (χ1) is 8.60. The number of halogens is 1. The fourth-order valence-corrected chi connectivity index (χ4v) is 2.45. The molecule has 0 saturated heterocycles. The smallest absolute Gasteiger partial charge is 0.293 e. The van der Waals surface area contributed by atoms with Crippen LogP contribution in [-0.4, -0.2) is 24.2 Å². The average molecular weight is 271 g/mol. The highest BCUT2D eigenvalue weighted by molar-refractivity contribution is 6.30. The Hall–Kier alpha value is -1.33. The van der Waals surface area contributed by atoms with Gasteiger partial charge in [-0.15, -0.1) is 0 Å². The van der Waals surface area contributed by atoms with Crippen LogP contribution in [-0.2, 0) is 4.74 Å². The number of ether oxygens (including phenoxy) is 1. The Morgan fingerprint density at radius 2 is 2.28 bits per heavy atom. The van der Waals surface area contributed by atoms with Gasteiger partial charge in [-0.1, -0.05) is 11.6 Å². The van der Waals surface area contributed by atoms with Gasteiger partial charge in [0.2, 0.25) is 0 Å². The van der Waals surface area contributed by atoms with Crippen LogP contribution in [0, 0.1) is 10.1 Å². The van der Waals surface area contributed by atoms with Crippen LogP contribution in [0.5, 0.6) is 0 Å². The zero-order valence-corrected chi connectivity index (χ0v) is 10.8. The van der Waals surface area contributed by atoms with Crippen molar-refractivity contribution in [2.24, 2.45) is 0 Å². The fourth-order valence-electron chi connectivity index (χ4n) is 2.28. The molecule has 98 valence electrons. The van der Waals surface area contributed by atoms with Crippen LogP contribution in [0.1, 0.15) is 19.3 Å². The number of benzene rings is 1. The lowest BCUT2D eigenvalue weighted by molar-refractivity contribution is -0.384. The molecule has 0 bridgehead atoms. The molecule has 0 spiro atoms. The van der Waals surface area contributed by atoms with Crippen LogP contribution in [0.4, 0.5) is 11.4 Å². The van der Waals surface area contributed by atoms with Gasteiger partial charge in [0, 0.05) is 24.2 Å². The maximum absolute atomic E-state index is 11.0. The lowest BCUT2D eigenvalue weighted by Crippen LogP contribution is -2.18. The van der Waals surface area contributed by atoms with Gasteiger partial charge in [0.1, 0.15) is 5.69 Å². The third-order valence-electron chi connectivity index (χ3n) is 3.23. The Morgan fingerprint density at radius 1 is 1.50 bits per heavy atom. The highest BCUT2D eigenvalue weighted by Gasteiger charge is 2.26. The van der Waals surface area contributed by atoms with Crippen LogP contribution < -0.4 is 5.32 Å². The normalized spacial score (nSPS) is 23.0. The van der Waals surface area contributed by atoms with E-state index in [1.807, 2.05) is 0 Å². The molecule has 1 aromatic rings. The van der Waals surface area contributed by atoms with Crippen molar-refractivity contribution in [1.82, 2.24) is 0 Å².